The van der Waals surface area contributed by atoms with Crippen LogP contribution in [0.1, 0.15) is 37.1 Å². The Kier molecular flexibility index (Phi) is 7.31. The van der Waals surface area contributed by atoms with Gasteiger partial charge in [0.15, 0.2) is 0 Å². The second-order valence-corrected chi connectivity index (χ2v) is 7.66. The number of rotatable bonds is 8. The van der Waals surface area contributed by atoms with Gasteiger partial charge in [0.25, 0.3) is 0 Å². The minimum atomic E-state index is 0.0266. The average Bonchev–Trinajstić information content (AvgIpc) is 3.17. The van der Waals surface area contributed by atoms with E-state index in [1.165, 1.54) is 0 Å². The fourth-order valence-electron chi connectivity index (χ4n) is 3.25. The predicted molar refractivity (Wildman–Crippen MR) is 121 cm³/mol. The van der Waals surface area contributed by atoms with Gasteiger partial charge in [-0.1, -0.05) is 61.0 Å². The highest BCUT2D eigenvalue weighted by atomic mass is 35.5. The first-order valence-electron chi connectivity index (χ1n) is 9.99. The van der Waals surface area contributed by atoms with Crippen LogP contribution in [-0.4, -0.2) is 21.4 Å². The minimum Gasteiger partial charge on any atom is -0.345 e. The lowest BCUT2D eigenvalue weighted by molar-refractivity contribution is -0.128. The zero-order chi connectivity index (χ0) is 20.6. The van der Waals surface area contributed by atoms with Crippen molar-refractivity contribution in [2.45, 2.75) is 39.4 Å². The first-order valence-corrected chi connectivity index (χ1v) is 10.4. The van der Waals surface area contributed by atoms with Crippen molar-refractivity contribution in [3.8, 4) is 0 Å². The van der Waals surface area contributed by atoms with E-state index in [0.29, 0.717) is 6.54 Å². The maximum atomic E-state index is 13.0. The van der Waals surface area contributed by atoms with Crippen molar-refractivity contribution >= 4 is 23.6 Å². The lowest BCUT2D eigenvalue weighted by Crippen LogP contribution is -2.37. The van der Waals surface area contributed by atoms with Crippen LogP contribution in [0.5, 0.6) is 0 Å². The molecule has 150 valence electrons. The number of halogens is 1. The van der Waals surface area contributed by atoms with Crippen molar-refractivity contribution in [2.75, 3.05) is 0 Å². The van der Waals surface area contributed by atoms with Gasteiger partial charge in [0.05, 0.1) is 6.54 Å². The summed E-state index contributed by atoms with van der Waals surface area (Å²) in [5.74, 6) is 0.0266. The Morgan fingerprint density at radius 1 is 1.10 bits per heavy atom. The summed E-state index contributed by atoms with van der Waals surface area (Å²) < 4.78 is 2.18. The molecule has 3 aromatic rings. The lowest BCUT2D eigenvalue weighted by atomic mass is 10.1. The molecule has 0 spiro atoms. The SMILES string of the molecule is CCC(C)N(Cc1cccn1Cc1cccc(Cl)c1)C(=O)C=Cc1ccccc1. The maximum Gasteiger partial charge on any atom is 0.247 e. The van der Waals surface area contributed by atoms with E-state index in [-0.39, 0.29) is 11.9 Å². The van der Waals surface area contributed by atoms with Crippen LogP contribution < -0.4 is 0 Å². The number of amides is 1. The van der Waals surface area contributed by atoms with Gasteiger partial charge in [-0.15, -0.1) is 0 Å². The predicted octanol–water partition coefficient (Wildman–Crippen LogP) is 6.03. The van der Waals surface area contributed by atoms with Crippen LogP contribution in [-0.2, 0) is 17.9 Å². The molecule has 1 aromatic heterocycles. The number of benzene rings is 2. The Morgan fingerprint density at radius 3 is 2.62 bits per heavy atom. The van der Waals surface area contributed by atoms with E-state index in [9.17, 15) is 4.79 Å². The van der Waals surface area contributed by atoms with E-state index >= 15 is 0 Å². The Hall–Kier alpha value is -2.78. The van der Waals surface area contributed by atoms with Crippen molar-refractivity contribution in [1.82, 2.24) is 9.47 Å². The fraction of sp³-hybridized carbons (Fsp3) is 0.240. The van der Waals surface area contributed by atoms with Gasteiger partial charge in [-0.25, -0.2) is 0 Å². The highest BCUT2D eigenvalue weighted by Crippen LogP contribution is 2.17. The summed E-state index contributed by atoms with van der Waals surface area (Å²) in [6.07, 6.45) is 6.50. The van der Waals surface area contributed by atoms with Gasteiger partial charge in [-0.3, -0.25) is 4.79 Å². The van der Waals surface area contributed by atoms with Crippen LogP contribution in [0.3, 0.4) is 0 Å². The third-order valence-corrected chi connectivity index (χ3v) is 5.36. The number of carbonyl (C=O) groups excluding carboxylic acids is 1. The molecule has 0 fully saturated rings. The second-order valence-electron chi connectivity index (χ2n) is 7.22. The Bertz CT molecular complexity index is 962. The molecule has 0 bridgehead atoms. The average molecular weight is 407 g/mol. The molecule has 0 saturated carbocycles. The highest BCUT2D eigenvalue weighted by molar-refractivity contribution is 6.30. The molecule has 1 heterocycles. The van der Waals surface area contributed by atoms with Gasteiger partial charge in [-0.2, -0.15) is 0 Å². The second kappa shape index (κ2) is 10.1. The normalized spacial score (nSPS) is 12.2. The van der Waals surface area contributed by atoms with E-state index in [0.717, 1.165) is 34.8 Å². The van der Waals surface area contributed by atoms with Crippen molar-refractivity contribution < 1.29 is 4.79 Å². The molecule has 3 rings (SSSR count). The van der Waals surface area contributed by atoms with Crippen LogP contribution >= 0.6 is 11.6 Å². The summed E-state index contributed by atoms with van der Waals surface area (Å²) >= 11 is 6.13. The van der Waals surface area contributed by atoms with E-state index < -0.39 is 0 Å². The molecular weight excluding hydrogens is 380 g/mol. The molecule has 0 N–H and O–H groups in total. The van der Waals surface area contributed by atoms with E-state index in [2.05, 4.69) is 36.7 Å². The Balaban J connectivity index is 1.76. The zero-order valence-electron chi connectivity index (χ0n) is 17.0. The molecule has 0 radical (unpaired) electrons. The minimum absolute atomic E-state index is 0.0266. The highest BCUT2D eigenvalue weighted by Gasteiger charge is 2.18. The topological polar surface area (TPSA) is 25.2 Å². The third-order valence-electron chi connectivity index (χ3n) is 5.12. The van der Waals surface area contributed by atoms with Crippen LogP contribution in [0.25, 0.3) is 6.08 Å². The summed E-state index contributed by atoms with van der Waals surface area (Å²) in [6, 6.07) is 22.0. The molecule has 4 heteroatoms. The first-order chi connectivity index (χ1) is 14.1. The van der Waals surface area contributed by atoms with Gasteiger partial charge in [-0.05, 0) is 54.8 Å². The maximum absolute atomic E-state index is 13.0. The molecule has 0 aliphatic heterocycles. The number of hydrogen-bond acceptors (Lipinski definition) is 1. The fourth-order valence-corrected chi connectivity index (χ4v) is 3.47. The molecule has 0 aliphatic rings. The number of carbonyl (C=O) groups is 1. The summed E-state index contributed by atoms with van der Waals surface area (Å²) in [5, 5.41) is 0.735. The van der Waals surface area contributed by atoms with Gasteiger partial charge in [0, 0.05) is 35.6 Å². The number of nitrogens with zero attached hydrogens (tertiary/aromatic N) is 2. The molecule has 1 atom stereocenters. The zero-order valence-corrected chi connectivity index (χ0v) is 17.7. The monoisotopic (exact) mass is 406 g/mol. The lowest BCUT2D eigenvalue weighted by Gasteiger charge is -2.28. The molecule has 3 nitrogen and oxygen atoms in total. The first kappa shape index (κ1) is 20.9. The molecular formula is C25H27ClN2O. The smallest absolute Gasteiger partial charge is 0.247 e. The molecule has 2 aromatic carbocycles. The van der Waals surface area contributed by atoms with Gasteiger partial charge in [0.1, 0.15) is 0 Å². The molecule has 29 heavy (non-hydrogen) atoms. The molecule has 0 saturated heterocycles. The Morgan fingerprint density at radius 2 is 1.90 bits per heavy atom. The summed E-state index contributed by atoms with van der Waals surface area (Å²) in [5.41, 5.74) is 3.27. The van der Waals surface area contributed by atoms with E-state index in [1.807, 2.05) is 65.6 Å². The quantitative estimate of drug-likeness (QED) is 0.419. The summed E-state index contributed by atoms with van der Waals surface area (Å²) in [6.45, 7) is 5.50. The third kappa shape index (κ3) is 5.85. The number of hydrogen-bond donors (Lipinski definition) is 0. The van der Waals surface area contributed by atoms with Gasteiger partial charge < -0.3 is 9.47 Å². The Labute approximate surface area is 178 Å². The van der Waals surface area contributed by atoms with Crippen LogP contribution in [0.4, 0.5) is 0 Å². The largest absolute Gasteiger partial charge is 0.345 e. The number of aromatic nitrogens is 1. The van der Waals surface area contributed by atoms with Crippen LogP contribution in [0.2, 0.25) is 5.02 Å². The van der Waals surface area contributed by atoms with Crippen LogP contribution in [0.15, 0.2) is 79.0 Å². The van der Waals surface area contributed by atoms with Crippen molar-refractivity contribution in [1.29, 1.82) is 0 Å². The van der Waals surface area contributed by atoms with Crippen molar-refractivity contribution in [3.63, 3.8) is 0 Å². The standard InChI is InChI=1S/C25H27ClN2O/c1-3-20(2)28(25(29)15-14-21-9-5-4-6-10-21)19-24-13-8-16-27(24)18-22-11-7-12-23(26)17-22/h4-17,20H,3,18-19H2,1-2H3. The van der Waals surface area contributed by atoms with Gasteiger partial charge in [0.2, 0.25) is 5.91 Å². The molecule has 0 aliphatic carbocycles. The van der Waals surface area contributed by atoms with E-state index in [1.54, 1.807) is 6.08 Å². The summed E-state index contributed by atoms with van der Waals surface area (Å²) in [4.78, 5) is 14.9. The van der Waals surface area contributed by atoms with Crippen molar-refractivity contribution in [3.05, 3.63) is 101 Å². The van der Waals surface area contributed by atoms with Crippen molar-refractivity contribution in [2.24, 2.45) is 0 Å². The molecule has 1 unspecified atom stereocenters. The van der Waals surface area contributed by atoms with Crippen LogP contribution in [0, 0.1) is 0 Å². The molecule has 1 amide bonds. The van der Waals surface area contributed by atoms with E-state index in [4.69, 9.17) is 11.6 Å². The summed E-state index contributed by atoms with van der Waals surface area (Å²) in [7, 11) is 0. The van der Waals surface area contributed by atoms with Gasteiger partial charge >= 0.3 is 0 Å².